The first-order chi connectivity index (χ1) is 13.0. The van der Waals surface area contributed by atoms with Crippen LogP contribution >= 0.6 is 0 Å². The van der Waals surface area contributed by atoms with Crippen LogP contribution in [0.2, 0.25) is 0 Å². The van der Waals surface area contributed by atoms with Gasteiger partial charge in [0.15, 0.2) is 11.3 Å². The third-order valence-corrected chi connectivity index (χ3v) is 3.88. The highest BCUT2D eigenvalue weighted by Crippen LogP contribution is 2.30. The summed E-state index contributed by atoms with van der Waals surface area (Å²) >= 11 is 0. The van der Waals surface area contributed by atoms with Crippen LogP contribution in [0.5, 0.6) is 5.75 Å². The summed E-state index contributed by atoms with van der Waals surface area (Å²) in [6.45, 7) is 4.21. The largest absolute Gasteiger partial charge is 0.505 e. The van der Waals surface area contributed by atoms with Crippen molar-refractivity contribution in [3.05, 3.63) is 56.8 Å². The molecule has 0 aliphatic rings. The van der Waals surface area contributed by atoms with Crippen LogP contribution in [0.1, 0.15) is 53.9 Å². The van der Waals surface area contributed by atoms with E-state index in [1.165, 1.54) is 6.92 Å². The Kier molecular flexibility index (Phi) is 6.10. The average Bonchev–Trinajstić information content (AvgIpc) is 2.57. The van der Waals surface area contributed by atoms with Crippen molar-refractivity contribution < 1.29 is 32.2 Å². The minimum absolute atomic E-state index is 0.00465. The van der Waals surface area contributed by atoms with Crippen LogP contribution in [0, 0.1) is 5.82 Å². The van der Waals surface area contributed by atoms with Gasteiger partial charge < -0.3 is 9.84 Å². The Labute approximate surface area is 157 Å². The van der Waals surface area contributed by atoms with E-state index >= 15 is 0 Å². The Bertz CT molecular complexity index is 952. The number of carbonyl (C=O) groups excluding carboxylic acids is 1. The summed E-state index contributed by atoms with van der Waals surface area (Å²) < 4.78 is 57.6. The monoisotopic (exact) mass is 402 g/mol. The molecule has 0 radical (unpaired) electrons. The highest BCUT2D eigenvalue weighted by Gasteiger charge is 2.31. The zero-order chi connectivity index (χ0) is 21.2. The van der Waals surface area contributed by atoms with Gasteiger partial charge >= 0.3 is 12.1 Å². The van der Waals surface area contributed by atoms with Crippen molar-refractivity contribution in [3.63, 3.8) is 0 Å². The molecule has 0 spiro atoms. The number of carbonyl (C=O) groups is 1. The third-order valence-electron chi connectivity index (χ3n) is 3.88. The number of alkyl halides is 3. The fourth-order valence-corrected chi connectivity index (χ4v) is 2.48. The van der Waals surface area contributed by atoms with Gasteiger partial charge in [-0.1, -0.05) is 19.9 Å². The van der Waals surface area contributed by atoms with Gasteiger partial charge in [-0.25, -0.2) is 13.9 Å². The van der Waals surface area contributed by atoms with Crippen molar-refractivity contribution in [1.82, 2.24) is 9.78 Å². The van der Waals surface area contributed by atoms with Gasteiger partial charge in [-0.3, -0.25) is 4.79 Å². The molecule has 0 amide bonds. The van der Waals surface area contributed by atoms with Gasteiger partial charge in [0, 0.05) is 11.5 Å². The SMILES string of the molecule is CCOC(=O)c1c(O)c(C(C)C)nn(Cc2ccc(C(F)(F)F)cc2F)c1=O. The molecule has 0 aliphatic heterocycles. The normalized spacial score (nSPS) is 11.7. The summed E-state index contributed by atoms with van der Waals surface area (Å²) in [6.07, 6.45) is -4.71. The quantitative estimate of drug-likeness (QED) is 0.612. The molecule has 0 saturated heterocycles. The molecule has 1 aromatic carbocycles. The molecule has 0 saturated carbocycles. The molecular weight excluding hydrogens is 384 g/mol. The number of halogens is 4. The molecule has 1 heterocycles. The number of aromatic nitrogens is 2. The number of ether oxygens (including phenoxy) is 1. The third kappa shape index (κ3) is 4.32. The van der Waals surface area contributed by atoms with Crippen LogP contribution in [0.15, 0.2) is 23.0 Å². The molecule has 0 fully saturated rings. The predicted molar refractivity (Wildman–Crippen MR) is 90.7 cm³/mol. The molecule has 0 atom stereocenters. The summed E-state index contributed by atoms with van der Waals surface area (Å²) in [6, 6.07) is 1.88. The highest BCUT2D eigenvalue weighted by molar-refractivity contribution is 5.92. The fourth-order valence-electron chi connectivity index (χ4n) is 2.48. The number of hydrogen-bond acceptors (Lipinski definition) is 5. The van der Waals surface area contributed by atoms with Crippen molar-refractivity contribution >= 4 is 5.97 Å². The lowest BCUT2D eigenvalue weighted by Gasteiger charge is -2.15. The fraction of sp³-hybridized carbons (Fsp3) is 0.389. The van der Waals surface area contributed by atoms with Crippen molar-refractivity contribution in [2.75, 3.05) is 6.61 Å². The second-order valence-corrected chi connectivity index (χ2v) is 6.25. The molecule has 0 aliphatic carbocycles. The smallest absolute Gasteiger partial charge is 0.416 e. The summed E-state index contributed by atoms with van der Waals surface area (Å²) in [7, 11) is 0. The van der Waals surface area contributed by atoms with Gasteiger partial charge in [0.05, 0.1) is 18.7 Å². The number of esters is 1. The van der Waals surface area contributed by atoms with Gasteiger partial charge in [-0.2, -0.15) is 18.3 Å². The lowest BCUT2D eigenvalue weighted by atomic mass is 10.1. The van der Waals surface area contributed by atoms with Crippen LogP contribution < -0.4 is 5.56 Å². The molecule has 2 rings (SSSR count). The summed E-state index contributed by atoms with van der Waals surface area (Å²) in [5, 5.41) is 14.2. The summed E-state index contributed by atoms with van der Waals surface area (Å²) in [4.78, 5) is 24.6. The second-order valence-electron chi connectivity index (χ2n) is 6.25. The van der Waals surface area contributed by atoms with E-state index in [4.69, 9.17) is 4.74 Å². The number of aromatic hydroxyl groups is 1. The maximum Gasteiger partial charge on any atom is 0.416 e. The van der Waals surface area contributed by atoms with E-state index < -0.39 is 52.9 Å². The van der Waals surface area contributed by atoms with Crippen molar-refractivity contribution in [1.29, 1.82) is 0 Å². The zero-order valence-corrected chi connectivity index (χ0v) is 15.3. The predicted octanol–water partition coefficient (Wildman–Crippen LogP) is 3.46. The molecular formula is C18H18F4N2O4. The van der Waals surface area contributed by atoms with Gasteiger partial charge in [-0.05, 0) is 19.1 Å². The molecule has 6 nitrogen and oxygen atoms in total. The van der Waals surface area contributed by atoms with Crippen LogP contribution in [-0.2, 0) is 17.5 Å². The van der Waals surface area contributed by atoms with Gasteiger partial charge in [0.1, 0.15) is 11.5 Å². The molecule has 152 valence electrons. The molecule has 10 heteroatoms. The topological polar surface area (TPSA) is 81.4 Å². The Morgan fingerprint density at radius 1 is 1.32 bits per heavy atom. The van der Waals surface area contributed by atoms with E-state index in [0.29, 0.717) is 16.8 Å². The van der Waals surface area contributed by atoms with E-state index in [-0.39, 0.29) is 17.9 Å². The standard InChI is InChI=1S/C18H18F4N2O4/c1-4-28-17(27)13-15(25)14(9(2)3)23-24(16(13)26)8-10-5-6-11(7-12(10)19)18(20,21)22/h5-7,9,25H,4,8H2,1-3H3. The summed E-state index contributed by atoms with van der Waals surface area (Å²) in [5.74, 6) is -3.30. The Hall–Kier alpha value is -2.91. The lowest BCUT2D eigenvalue weighted by molar-refractivity contribution is -0.137. The number of nitrogens with zero attached hydrogens (tertiary/aromatic N) is 2. The second kappa shape index (κ2) is 7.99. The molecule has 1 aromatic heterocycles. The van der Waals surface area contributed by atoms with E-state index in [0.717, 1.165) is 6.07 Å². The molecule has 28 heavy (non-hydrogen) atoms. The van der Waals surface area contributed by atoms with Crippen LogP contribution in [0.25, 0.3) is 0 Å². The van der Waals surface area contributed by atoms with Crippen molar-refractivity contribution in [2.45, 2.75) is 39.4 Å². The first-order valence-corrected chi connectivity index (χ1v) is 8.34. The molecule has 0 unspecified atom stereocenters. The molecule has 1 N–H and O–H groups in total. The van der Waals surface area contributed by atoms with Crippen molar-refractivity contribution in [2.24, 2.45) is 0 Å². The number of hydrogen-bond donors (Lipinski definition) is 1. The van der Waals surface area contributed by atoms with Gasteiger partial charge in [-0.15, -0.1) is 0 Å². The first kappa shape index (κ1) is 21.4. The Balaban J connectivity index is 2.57. The average molecular weight is 402 g/mol. The first-order valence-electron chi connectivity index (χ1n) is 8.34. The van der Waals surface area contributed by atoms with Crippen LogP contribution in [0.3, 0.4) is 0 Å². The molecule has 0 bridgehead atoms. The molecule has 2 aromatic rings. The maximum absolute atomic E-state index is 14.1. The number of benzene rings is 1. The minimum Gasteiger partial charge on any atom is -0.505 e. The Morgan fingerprint density at radius 3 is 2.46 bits per heavy atom. The highest BCUT2D eigenvalue weighted by atomic mass is 19.4. The van der Waals surface area contributed by atoms with E-state index in [1.807, 2.05) is 0 Å². The number of rotatable bonds is 5. The van der Waals surface area contributed by atoms with E-state index in [1.54, 1.807) is 13.8 Å². The Morgan fingerprint density at radius 2 is 1.96 bits per heavy atom. The van der Waals surface area contributed by atoms with E-state index in [2.05, 4.69) is 5.10 Å². The van der Waals surface area contributed by atoms with Gasteiger partial charge in [0.2, 0.25) is 0 Å². The zero-order valence-electron chi connectivity index (χ0n) is 15.3. The van der Waals surface area contributed by atoms with Gasteiger partial charge in [0.25, 0.3) is 5.56 Å². The summed E-state index contributed by atoms with van der Waals surface area (Å²) in [5.41, 5.74) is -3.12. The lowest BCUT2D eigenvalue weighted by Crippen LogP contribution is -2.31. The maximum atomic E-state index is 14.1. The van der Waals surface area contributed by atoms with Crippen LogP contribution in [0.4, 0.5) is 17.6 Å². The van der Waals surface area contributed by atoms with E-state index in [9.17, 15) is 32.3 Å². The minimum atomic E-state index is -4.71. The van der Waals surface area contributed by atoms with Crippen LogP contribution in [-0.4, -0.2) is 27.5 Å². The van der Waals surface area contributed by atoms with Crippen molar-refractivity contribution in [3.8, 4) is 5.75 Å².